The van der Waals surface area contributed by atoms with Crippen molar-refractivity contribution in [3.8, 4) is 10.8 Å². The zero-order valence-corrected chi connectivity index (χ0v) is 15.0. The lowest BCUT2D eigenvalue weighted by atomic mass is 10.1. The number of amides is 1. The Kier molecular flexibility index (Phi) is 5.03. The Labute approximate surface area is 155 Å². The highest BCUT2D eigenvalue weighted by atomic mass is 32.1. The van der Waals surface area contributed by atoms with Crippen LogP contribution in [0.4, 0.5) is 0 Å². The van der Waals surface area contributed by atoms with E-state index in [9.17, 15) is 4.79 Å². The van der Waals surface area contributed by atoms with Crippen LogP contribution in [0.2, 0.25) is 0 Å². The van der Waals surface area contributed by atoms with Crippen molar-refractivity contribution in [1.82, 2.24) is 25.3 Å². The largest absolute Gasteiger partial charge is 0.347 e. The van der Waals surface area contributed by atoms with E-state index in [1.165, 1.54) is 11.3 Å². The fourth-order valence-corrected chi connectivity index (χ4v) is 3.80. The molecule has 1 amide bonds. The summed E-state index contributed by atoms with van der Waals surface area (Å²) >= 11 is 1.54. The lowest BCUT2D eigenvalue weighted by Crippen LogP contribution is -2.39. The highest BCUT2D eigenvalue weighted by Gasteiger charge is 2.29. The fourth-order valence-electron chi connectivity index (χ4n) is 3.15. The maximum absolute atomic E-state index is 12.9. The highest BCUT2D eigenvalue weighted by molar-refractivity contribution is 7.13. The molecule has 7 nitrogen and oxygen atoms in total. The van der Waals surface area contributed by atoms with E-state index in [-0.39, 0.29) is 18.5 Å². The quantitative estimate of drug-likeness (QED) is 0.719. The van der Waals surface area contributed by atoms with Gasteiger partial charge in [-0.05, 0) is 49.0 Å². The van der Waals surface area contributed by atoms with Gasteiger partial charge in [-0.3, -0.25) is 14.7 Å². The minimum Gasteiger partial charge on any atom is -0.347 e. The Bertz CT molecular complexity index is 844. The minimum atomic E-state index is -0.338. The summed E-state index contributed by atoms with van der Waals surface area (Å²) in [5, 5.41) is 8.85. The SMILES string of the molecule is O=C(NCc1noc(-c2cccs2)n1)[C@H](c1cccnc1)N1CCCC1. The second-order valence-corrected chi connectivity index (χ2v) is 7.09. The lowest BCUT2D eigenvalue weighted by Gasteiger charge is -2.26. The van der Waals surface area contributed by atoms with E-state index >= 15 is 0 Å². The van der Waals surface area contributed by atoms with E-state index in [0.29, 0.717) is 11.7 Å². The molecular formula is C18H19N5O2S. The Morgan fingerprint density at radius 2 is 2.19 bits per heavy atom. The summed E-state index contributed by atoms with van der Waals surface area (Å²) in [7, 11) is 0. The molecule has 0 saturated carbocycles. The molecule has 1 aliphatic rings. The number of carbonyl (C=O) groups excluding carboxylic acids is 1. The van der Waals surface area contributed by atoms with Crippen molar-refractivity contribution in [1.29, 1.82) is 0 Å². The summed E-state index contributed by atoms with van der Waals surface area (Å²) in [6, 6.07) is 7.32. The van der Waals surface area contributed by atoms with Crippen molar-refractivity contribution < 1.29 is 9.32 Å². The molecule has 0 aromatic carbocycles. The monoisotopic (exact) mass is 369 g/mol. The predicted octanol–water partition coefficient (Wildman–Crippen LogP) is 2.65. The van der Waals surface area contributed by atoms with E-state index < -0.39 is 0 Å². The normalized spacial score (nSPS) is 15.8. The first-order valence-corrected chi connectivity index (χ1v) is 9.47. The van der Waals surface area contributed by atoms with Gasteiger partial charge in [-0.1, -0.05) is 17.3 Å². The van der Waals surface area contributed by atoms with E-state index in [0.717, 1.165) is 36.4 Å². The Morgan fingerprint density at radius 3 is 2.92 bits per heavy atom. The summed E-state index contributed by atoms with van der Waals surface area (Å²) < 4.78 is 5.26. The third kappa shape index (κ3) is 3.66. The molecule has 0 radical (unpaired) electrons. The molecule has 1 N–H and O–H groups in total. The van der Waals surface area contributed by atoms with Crippen molar-refractivity contribution in [3.63, 3.8) is 0 Å². The number of hydrogen-bond donors (Lipinski definition) is 1. The summed E-state index contributed by atoms with van der Waals surface area (Å²) in [4.78, 5) is 24.5. The number of nitrogens with one attached hydrogen (secondary N) is 1. The van der Waals surface area contributed by atoms with Crippen molar-refractivity contribution in [3.05, 3.63) is 53.4 Å². The Balaban J connectivity index is 1.45. The van der Waals surface area contributed by atoms with Crippen LogP contribution in [-0.4, -0.2) is 39.0 Å². The van der Waals surface area contributed by atoms with Crippen LogP contribution in [0.15, 0.2) is 46.6 Å². The number of carbonyl (C=O) groups is 1. The van der Waals surface area contributed by atoms with Crippen molar-refractivity contribution >= 4 is 17.2 Å². The summed E-state index contributed by atoms with van der Waals surface area (Å²) in [5.41, 5.74) is 0.902. The van der Waals surface area contributed by atoms with Crippen molar-refractivity contribution in [2.24, 2.45) is 0 Å². The maximum atomic E-state index is 12.9. The number of thiophene rings is 1. The van der Waals surface area contributed by atoms with Crippen molar-refractivity contribution in [2.45, 2.75) is 25.4 Å². The van der Waals surface area contributed by atoms with Gasteiger partial charge < -0.3 is 9.84 Å². The average Bonchev–Trinajstić information content (AvgIpc) is 3.42. The molecular weight excluding hydrogens is 350 g/mol. The summed E-state index contributed by atoms with van der Waals surface area (Å²) in [6.07, 6.45) is 5.69. The molecule has 1 saturated heterocycles. The van der Waals surface area contributed by atoms with Crippen LogP contribution in [-0.2, 0) is 11.3 Å². The summed E-state index contributed by atoms with van der Waals surface area (Å²) in [5.74, 6) is 0.878. The first-order valence-electron chi connectivity index (χ1n) is 8.59. The molecule has 4 rings (SSSR count). The molecule has 1 aliphatic heterocycles. The first-order chi connectivity index (χ1) is 12.8. The van der Waals surface area contributed by atoms with Gasteiger partial charge in [0.25, 0.3) is 5.89 Å². The molecule has 4 heterocycles. The molecule has 0 spiro atoms. The van der Waals surface area contributed by atoms with Crippen LogP contribution in [0.1, 0.15) is 30.3 Å². The number of pyridine rings is 1. The number of hydrogen-bond acceptors (Lipinski definition) is 7. The molecule has 3 aromatic heterocycles. The molecule has 1 atom stereocenters. The highest BCUT2D eigenvalue weighted by Crippen LogP contribution is 2.25. The van der Waals surface area contributed by atoms with Crippen LogP contribution in [0.5, 0.6) is 0 Å². The average molecular weight is 369 g/mol. The molecule has 134 valence electrons. The minimum absolute atomic E-state index is 0.0672. The van der Waals surface area contributed by atoms with Gasteiger partial charge in [0, 0.05) is 12.4 Å². The third-order valence-electron chi connectivity index (χ3n) is 4.38. The van der Waals surface area contributed by atoms with Gasteiger partial charge in [-0.2, -0.15) is 4.98 Å². The number of rotatable bonds is 6. The van der Waals surface area contributed by atoms with E-state index in [1.807, 2.05) is 29.6 Å². The van der Waals surface area contributed by atoms with Gasteiger partial charge in [0.2, 0.25) is 5.91 Å². The number of aromatic nitrogens is 3. The molecule has 1 fully saturated rings. The van der Waals surface area contributed by atoms with Crippen LogP contribution in [0.25, 0.3) is 10.8 Å². The van der Waals surface area contributed by atoms with Gasteiger partial charge in [0.05, 0.1) is 11.4 Å². The van der Waals surface area contributed by atoms with Gasteiger partial charge in [-0.15, -0.1) is 11.3 Å². The van der Waals surface area contributed by atoms with Crippen LogP contribution in [0.3, 0.4) is 0 Å². The number of likely N-dealkylation sites (tertiary alicyclic amines) is 1. The van der Waals surface area contributed by atoms with Gasteiger partial charge in [-0.25, -0.2) is 0 Å². The lowest BCUT2D eigenvalue weighted by molar-refractivity contribution is -0.126. The first kappa shape index (κ1) is 16.9. The molecule has 0 unspecified atom stereocenters. The van der Waals surface area contributed by atoms with Gasteiger partial charge in [0.1, 0.15) is 6.04 Å². The molecule has 8 heteroatoms. The number of nitrogens with zero attached hydrogens (tertiary/aromatic N) is 4. The zero-order chi connectivity index (χ0) is 17.8. The smallest absolute Gasteiger partial charge is 0.268 e. The second-order valence-electron chi connectivity index (χ2n) is 6.14. The van der Waals surface area contributed by atoms with Gasteiger partial charge in [0.15, 0.2) is 5.82 Å². The topological polar surface area (TPSA) is 84.2 Å². The van der Waals surface area contributed by atoms with Gasteiger partial charge >= 0.3 is 0 Å². The van der Waals surface area contributed by atoms with Crippen LogP contribution >= 0.6 is 11.3 Å². The molecule has 3 aromatic rings. The Hall–Kier alpha value is -2.58. The summed E-state index contributed by atoms with van der Waals surface area (Å²) in [6.45, 7) is 2.06. The molecule has 0 aliphatic carbocycles. The van der Waals surface area contributed by atoms with Crippen LogP contribution in [0, 0.1) is 0 Å². The van der Waals surface area contributed by atoms with E-state index in [2.05, 4.69) is 25.3 Å². The maximum Gasteiger partial charge on any atom is 0.268 e. The van der Waals surface area contributed by atoms with Crippen molar-refractivity contribution in [2.75, 3.05) is 13.1 Å². The van der Waals surface area contributed by atoms with E-state index in [1.54, 1.807) is 12.4 Å². The standard InChI is InChI=1S/C18H19N5O2S/c24-17(16(23-8-1-2-9-23)13-5-3-7-19-11-13)20-12-15-21-18(25-22-15)14-6-4-10-26-14/h3-7,10-11,16H,1-2,8-9,12H2,(H,20,24)/t16-/m0/s1. The van der Waals surface area contributed by atoms with E-state index in [4.69, 9.17) is 4.52 Å². The predicted molar refractivity (Wildman–Crippen MR) is 97.2 cm³/mol. The zero-order valence-electron chi connectivity index (χ0n) is 14.2. The second kappa shape index (κ2) is 7.76. The fraction of sp³-hybridized carbons (Fsp3) is 0.333. The molecule has 0 bridgehead atoms. The third-order valence-corrected chi connectivity index (χ3v) is 5.23. The Morgan fingerprint density at radius 1 is 1.31 bits per heavy atom. The molecule has 26 heavy (non-hydrogen) atoms. The van der Waals surface area contributed by atoms with Crippen LogP contribution < -0.4 is 5.32 Å².